The van der Waals surface area contributed by atoms with Gasteiger partial charge in [-0.25, -0.2) is 4.98 Å². The number of nitriles is 1. The van der Waals surface area contributed by atoms with Crippen molar-refractivity contribution < 1.29 is 9.84 Å². The number of halogens is 1. The summed E-state index contributed by atoms with van der Waals surface area (Å²) in [6.45, 7) is 4.15. The van der Waals surface area contributed by atoms with Crippen molar-refractivity contribution in [2.24, 2.45) is 0 Å². The van der Waals surface area contributed by atoms with Crippen LogP contribution in [0.3, 0.4) is 0 Å². The number of nitrogens with zero attached hydrogens (tertiary/aromatic N) is 2. The topological polar surface area (TPSA) is 66.1 Å². The number of aromatic nitrogens is 1. The molecule has 0 unspecified atom stereocenters. The molecule has 1 aromatic heterocycles. The fraction of sp³-hybridized carbons (Fsp3) is 0.143. The van der Waals surface area contributed by atoms with Gasteiger partial charge in [0.2, 0.25) is 0 Å². The number of ether oxygens (including phenoxy) is 1. The Balaban J connectivity index is 1.99. The molecule has 0 atom stereocenters. The Morgan fingerprint density at radius 2 is 2.04 bits per heavy atom. The molecule has 136 valence electrons. The van der Waals surface area contributed by atoms with E-state index in [9.17, 15) is 10.4 Å². The number of hydrogen-bond acceptors (Lipinski definition) is 5. The highest BCUT2D eigenvalue weighted by Gasteiger charge is 2.12. The van der Waals surface area contributed by atoms with Crippen LogP contribution in [-0.2, 0) is 0 Å². The number of rotatable bonds is 4. The average Bonchev–Trinajstić information content (AvgIpc) is 3.14. The number of methoxy groups -OCH3 is 1. The number of aryl methyl sites for hydroxylation is 2. The summed E-state index contributed by atoms with van der Waals surface area (Å²) in [7, 11) is 1.48. The van der Waals surface area contributed by atoms with Gasteiger partial charge in [0.1, 0.15) is 11.1 Å². The highest BCUT2D eigenvalue weighted by molar-refractivity contribution is 9.10. The molecule has 6 heteroatoms. The maximum absolute atomic E-state index is 9.93. The first-order chi connectivity index (χ1) is 12.9. The molecule has 1 heterocycles. The first-order valence-electron chi connectivity index (χ1n) is 8.14. The molecule has 0 amide bonds. The van der Waals surface area contributed by atoms with E-state index in [1.165, 1.54) is 29.6 Å². The van der Waals surface area contributed by atoms with Crippen LogP contribution in [0.2, 0.25) is 0 Å². The number of hydrogen-bond donors (Lipinski definition) is 1. The van der Waals surface area contributed by atoms with Gasteiger partial charge in [0.15, 0.2) is 11.5 Å². The zero-order valence-corrected chi connectivity index (χ0v) is 17.5. The van der Waals surface area contributed by atoms with Gasteiger partial charge in [0.25, 0.3) is 0 Å². The second kappa shape index (κ2) is 7.95. The van der Waals surface area contributed by atoms with Gasteiger partial charge >= 0.3 is 0 Å². The van der Waals surface area contributed by atoms with Crippen molar-refractivity contribution in [3.63, 3.8) is 0 Å². The Labute approximate surface area is 170 Å². The van der Waals surface area contributed by atoms with Crippen LogP contribution in [0.1, 0.15) is 21.7 Å². The Hall–Kier alpha value is -2.62. The fourth-order valence-corrected chi connectivity index (χ4v) is 3.83. The first-order valence-corrected chi connectivity index (χ1v) is 9.82. The van der Waals surface area contributed by atoms with Crippen molar-refractivity contribution in [2.75, 3.05) is 7.11 Å². The zero-order chi connectivity index (χ0) is 19.6. The van der Waals surface area contributed by atoms with Crippen molar-refractivity contribution in [1.29, 1.82) is 5.26 Å². The third-order valence-corrected chi connectivity index (χ3v) is 5.72. The van der Waals surface area contributed by atoms with E-state index in [0.29, 0.717) is 20.8 Å². The molecule has 0 radical (unpaired) electrons. The summed E-state index contributed by atoms with van der Waals surface area (Å²) in [5.41, 5.74) is 5.51. The van der Waals surface area contributed by atoms with Crippen molar-refractivity contribution in [2.45, 2.75) is 13.8 Å². The van der Waals surface area contributed by atoms with Gasteiger partial charge in [-0.3, -0.25) is 0 Å². The molecular weight excluding hydrogens is 424 g/mol. The van der Waals surface area contributed by atoms with E-state index < -0.39 is 0 Å². The van der Waals surface area contributed by atoms with Crippen LogP contribution in [0, 0.1) is 25.2 Å². The molecule has 0 saturated heterocycles. The number of phenolic OH excluding ortho intramolecular Hbond substituents is 1. The lowest BCUT2D eigenvalue weighted by Crippen LogP contribution is -1.88. The van der Waals surface area contributed by atoms with Crippen molar-refractivity contribution in [3.8, 4) is 28.8 Å². The van der Waals surface area contributed by atoms with Crippen LogP contribution in [0.5, 0.6) is 11.5 Å². The van der Waals surface area contributed by atoms with E-state index >= 15 is 0 Å². The molecule has 0 aliphatic rings. The van der Waals surface area contributed by atoms with Gasteiger partial charge in [0, 0.05) is 10.9 Å². The Morgan fingerprint density at radius 3 is 2.70 bits per heavy atom. The number of thiazole rings is 1. The average molecular weight is 441 g/mol. The fourth-order valence-electron chi connectivity index (χ4n) is 2.57. The number of allylic oxidation sites excluding steroid dienone is 1. The lowest BCUT2D eigenvalue weighted by Gasteiger charge is -2.06. The molecule has 0 spiro atoms. The second-order valence-corrected chi connectivity index (χ2v) is 7.77. The third kappa shape index (κ3) is 4.05. The molecule has 0 saturated carbocycles. The summed E-state index contributed by atoms with van der Waals surface area (Å²) in [6, 6.07) is 11.8. The van der Waals surface area contributed by atoms with Crippen LogP contribution in [0.15, 0.2) is 40.2 Å². The smallest absolute Gasteiger partial charge is 0.172 e. The van der Waals surface area contributed by atoms with E-state index in [1.54, 1.807) is 18.2 Å². The van der Waals surface area contributed by atoms with Gasteiger partial charge < -0.3 is 9.84 Å². The van der Waals surface area contributed by atoms with Crippen LogP contribution in [0.4, 0.5) is 0 Å². The molecule has 2 aromatic carbocycles. The summed E-state index contributed by atoms with van der Waals surface area (Å²) in [5, 5.41) is 22.1. The molecule has 3 aromatic rings. The zero-order valence-electron chi connectivity index (χ0n) is 15.1. The van der Waals surface area contributed by atoms with E-state index in [4.69, 9.17) is 4.74 Å². The van der Waals surface area contributed by atoms with E-state index in [1.807, 2.05) is 11.4 Å². The lowest BCUT2D eigenvalue weighted by atomic mass is 10.1. The summed E-state index contributed by atoms with van der Waals surface area (Å²) in [6.07, 6.45) is 1.73. The Kier molecular flexibility index (Phi) is 5.64. The number of benzene rings is 2. The van der Waals surface area contributed by atoms with Gasteiger partial charge in [-0.15, -0.1) is 11.3 Å². The molecule has 0 aliphatic carbocycles. The molecule has 0 fully saturated rings. The molecule has 27 heavy (non-hydrogen) atoms. The second-order valence-electron chi connectivity index (χ2n) is 6.06. The van der Waals surface area contributed by atoms with Crippen molar-refractivity contribution >= 4 is 38.9 Å². The highest BCUT2D eigenvalue weighted by Crippen LogP contribution is 2.36. The monoisotopic (exact) mass is 440 g/mol. The predicted molar refractivity (Wildman–Crippen MR) is 113 cm³/mol. The number of aromatic hydroxyl groups is 1. The van der Waals surface area contributed by atoms with E-state index in [-0.39, 0.29) is 5.75 Å². The normalized spacial score (nSPS) is 11.3. The quantitative estimate of drug-likeness (QED) is 0.507. The molecule has 1 N–H and O–H groups in total. The predicted octanol–water partition coefficient (Wildman–Crippen LogP) is 5.97. The van der Waals surface area contributed by atoms with Gasteiger partial charge in [-0.2, -0.15) is 5.26 Å². The molecule has 0 aliphatic heterocycles. The van der Waals surface area contributed by atoms with E-state index in [0.717, 1.165) is 16.8 Å². The minimum Gasteiger partial charge on any atom is -0.503 e. The molecule has 3 rings (SSSR count). The van der Waals surface area contributed by atoms with Crippen LogP contribution >= 0.6 is 27.3 Å². The third-order valence-electron chi connectivity index (χ3n) is 4.24. The van der Waals surface area contributed by atoms with E-state index in [2.05, 4.69) is 53.0 Å². The van der Waals surface area contributed by atoms with Gasteiger partial charge in [-0.1, -0.05) is 12.1 Å². The summed E-state index contributed by atoms with van der Waals surface area (Å²) < 4.78 is 5.67. The van der Waals surface area contributed by atoms with Gasteiger partial charge in [-0.05, 0) is 70.7 Å². The minimum absolute atomic E-state index is 0.0273. The maximum atomic E-state index is 9.93. The molecule has 0 bridgehead atoms. The Bertz CT molecular complexity index is 1080. The highest BCUT2D eigenvalue weighted by atomic mass is 79.9. The lowest BCUT2D eigenvalue weighted by molar-refractivity contribution is 0.372. The largest absolute Gasteiger partial charge is 0.503 e. The van der Waals surface area contributed by atoms with Crippen LogP contribution in [0.25, 0.3) is 22.9 Å². The molecule has 4 nitrogen and oxygen atoms in total. The Morgan fingerprint density at radius 1 is 1.26 bits per heavy atom. The van der Waals surface area contributed by atoms with Crippen LogP contribution in [-0.4, -0.2) is 17.2 Å². The van der Waals surface area contributed by atoms with Crippen LogP contribution < -0.4 is 4.74 Å². The summed E-state index contributed by atoms with van der Waals surface area (Å²) in [5.74, 6) is 0.363. The van der Waals surface area contributed by atoms with Crippen molar-refractivity contribution in [1.82, 2.24) is 4.98 Å². The van der Waals surface area contributed by atoms with Crippen molar-refractivity contribution in [3.05, 3.63) is 61.9 Å². The summed E-state index contributed by atoms with van der Waals surface area (Å²) >= 11 is 4.73. The van der Waals surface area contributed by atoms with Gasteiger partial charge in [0.05, 0.1) is 22.8 Å². The number of phenols is 1. The minimum atomic E-state index is 0.0273. The standard InChI is InChI=1S/C21H17BrN2O2S/c1-12-4-5-15(6-13(12)2)18-11-27-21(24-18)16(10-23)7-14-8-17(22)20(25)19(9-14)26-3/h4-9,11,25H,1-3H3/b16-7-. The molecular formula is C21H17BrN2O2S. The summed E-state index contributed by atoms with van der Waals surface area (Å²) in [4.78, 5) is 4.64. The SMILES string of the molecule is COc1cc(/C=C(/C#N)c2nc(-c3ccc(C)c(C)c3)cs2)cc(Br)c1O. The first kappa shape index (κ1) is 19.2. The maximum Gasteiger partial charge on any atom is 0.172 e.